The van der Waals surface area contributed by atoms with Gasteiger partial charge in [-0.2, -0.15) is 18.3 Å². The zero-order valence-corrected chi connectivity index (χ0v) is 7.21. The molecule has 14 heavy (non-hydrogen) atoms. The van der Waals surface area contributed by atoms with Gasteiger partial charge in [0.25, 0.3) is 0 Å². The molecule has 0 fully saturated rings. The van der Waals surface area contributed by atoms with E-state index in [-0.39, 0.29) is 5.65 Å². The maximum atomic E-state index is 12.4. The van der Waals surface area contributed by atoms with Gasteiger partial charge >= 0.3 is 6.18 Å². The van der Waals surface area contributed by atoms with Gasteiger partial charge < -0.3 is 0 Å². The van der Waals surface area contributed by atoms with Crippen molar-refractivity contribution in [1.29, 1.82) is 0 Å². The summed E-state index contributed by atoms with van der Waals surface area (Å²) in [5.74, 6) is 0. The lowest BCUT2D eigenvalue weighted by Crippen LogP contribution is -2.09. The van der Waals surface area contributed by atoms with Crippen LogP contribution in [0.25, 0.3) is 5.65 Å². The first kappa shape index (κ1) is 8.98. The van der Waals surface area contributed by atoms with Gasteiger partial charge in [-0.05, 0) is 19.1 Å². The fourth-order valence-corrected chi connectivity index (χ4v) is 1.25. The predicted octanol–water partition coefficient (Wildman–Crippen LogP) is 2.06. The normalized spacial score (nSPS) is 12.3. The number of aromatic nitrogens is 3. The quantitative estimate of drug-likeness (QED) is 0.653. The first-order valence-corrected chi connectivity index (χ1v) is 3.86. The third kappa shape index (κ3) is 1.23. The molecule has 0 saturated heterocycles. The van der Waals surface area contributed by atoms with Crippen LogP contribution in [0.2, 0.25) is 0 Å². The van der Waals surface area contributed by atoms with Crippen molar-refractivity contribution in [2.45, 2.75) is 13.1 Å². The molecule has 0 N–H and O–H groups in total. The Hall–Kier alpha value is -1.59. The maximum Gasteiger partial charge on any atom is 0.420 e. The van der Waals surface area contributed by atoms with Crippen molar-refractivity contribution in [3.8, 4) is 0 Å². The molecule has 0 saturated carbocycles. The number of rotatable bonds is 0. The zero-order valence-electron chi connectivity index (χ0n) is 7.21. The lowest BCUT2D eigenvalue weighted by molar-refractivity contribution is -0.136. The van der Waals surface area contributed by atoms with Crippen LogP contribution in [0.3, 0.4) is 0 Å². The van der Waals surface area contributed by atoms with E-state index in [1.165, 1.54) is 10.6 Å². The minimum Gasteiger partial charge on any atom is -0.218 e. The van der Waals surface area contributed by atoms with E-state index in [0.717, 1.165) is 12.4 Å². The minimum atomic E-state index is -4.39. The highest BCUT2D eigenvalue weighted by Gasteiger charge is 2.34. The van der Waals surface area contributed by atoms with E-state index in [0.29, 0.717) is 5.69 Å². The maximum absolute atomic E-state index is 12.4. The number of alkyl halides is 3. The highest BCUT2D eigenvalue weighted by atomic mass is 19.4. The molecule has 0 aromatic carbocycles. The molecule has 0 atom stereocenters. The molecule has 0 aliphatic rings. The van der Waals surface area contributed by atoms with Crippen LogP contribution in [-0.2, 0) is 6.18 Å². The molecule has 2 heterocycles. The number of hydrogen-bond donors (Lipinski definition) is 0. The predicted molar refractivity (Wildman–Crippen MR) is 42.7 cm³/mol. The highest BCUT2D eigenvalue weighted by Crippen LogP contribution is 2.31. The first-order valence-electron chi connectivity index (χ1n) is 3.86. The molecule has 6 heteroatoms. The van der Waals surface area contributed by atoms with Crippen LogP contribution < -0.4 is 0 Å². The number of fused-ring (bicyclic) bond motifs is 1. The average Bonchev–Trinajstić information content (AvgIpc) is 2.50. The summed E-state index contributed by atoms with van der Waals surface area (Å²) in [6.07, 6.45) is -3.28. The van der Waals surface area contributed by atoms with Gasteiger partial charge in [0.05, 0.1) is 0 Å². The fraction of sp³-hybridized carbons (Fsp3) is 0.250. The summed E-state index contributed by atoms with van der Waals surface area (Å²) in [7, 11) is 0. The molecule has 3 nitrogen and oxygen atoms in total. The molecular weight excluding hydrogens is 195 g/mol. The summed E-state index contributed by atoms with van der Waals surface area (Å²) in [6, 6.07) is 2.38. The van der Waals surface area contributed by atoms with Gasteiger partial charge in [-0.1, -0.05) is 0 Å². The van der Waals surface area contributed by atoms with Crippen molar-refractivity contribution in [3.05, 3.63) is 29.7 Å². The molecule has 0 spiro atoms. The van der Waals surface area contributed by atoms with E-state index >= 15 is 0 Å². The molecule has 0 aliphatic heterocycles. The second-order valence-electron chi connectivity index (χ2n) is 2.88. The number of halogens is 3. The Morgan fingerprint density at radius 3 is 2.64 bits per heavy atom. The standard InChI is InChI=1S/C8H6F3N3/c1-5-2-3-6(8(9,10)11)7-12-4-13-14(5)7/h2-4H,1H3. The van der Waals surface area contributed by atoms with Crippen LogP contribution in [0.15, 0.2) is 18.5 Å². The second kappa shape index (κ2) is 2.70. The van der Waals surface area contributed by atoms with Gasteiger partial charge in [0.2, 0.25) is 0 Å². The van der Waals surface area contributed by atoms with Gasteiger partial charge in [-0.25, -0.2) is 9.50 Å². The van der Waals surface area contributed by atoms with Crippen LogP contribution in [0.5, 0.6) is 0 Å². The van der Waals surface area contributed by atoms with Crippen LogP contribution in [0.4, 0.5) is 13.2 Å². The van der Waals surface area contributed by atoms with Crippen molar-refractivity contribution in [1.82, 2.24) is 14.6 Å². The SMILES string of the molecule is Cc1ccc(C(F)(F)F)c2ncnn12. The summed E-state index contributed by atoms with van der Waals surface area (Å²) < 4.78 is 38.5. The molecule has 0 unspecified atom stereocenters. The third-order valence-corrected chi connectivity index (χ3v) is 1.92. The number of pyridine rings is 1. The molecule has 0 aliphatic carbocycles. The van der Waals surface area contributed by atoms with E-state index in [1.54, 1.807) is 6.92 Å². The van der Waals surface area contributed by atoms with E-state index in [1.807, 2.05) is 0 Å². The molecule has 0 amide bonds. The average molecular weight is 201 g/mol. The number of nitrogens with zero attached hydrogens (tertiary/aromatic N) is 3. The lowest BCUT2D eigenvalue weighted by atomic mass is 10.2. The van der Waals surface area contributed by atoms with Crippen molar-refractivity contribution < 1.29 is 13.2 Å². The smallest absolute Gasteiger partial charge is 0.218 e. The van der Waals surface area contributed by atoms with Crippen molar-refractivity contribution >= 4 is 5.65 Å². The molecule has 0 radical (unpaired) electrons. The minimum absolute atomic E-state index is 0.155. The summed E-state index contributed by atoms with van der Waals surface area (Å²) in [5.41, 5.74) is -0.302. The van der Waals surface area contributed by atoms with E-state index in [4.69, 9.17) is 0 Å². The number of hydrogen-bond acceptors (Lipinski definition) is 2. The fourth-order valence-electron chi connectivity index (χ4n) is 1.25. The lowest BCUT2D eigenvalue weighted by Gasteiger charge is -2.08. The Kier molecular flexibility index (Phi) is 1.73. The van der Waals surface area contributed by atoms with Gasteiger partial charge in [0, 0.05) is 5.69 Å². The van der Waals surface area contributed by atoms with Crippen molar-refractivity contribution in [2.24, 2.45) is 0 Å². The molecule has 2 aromatic heterocycles. The Bertz CT molecular complexity index is 472. The molecule has 2 rings (SSSR count). The van der Waals surface area contributed by atoms with Crippen molar-refractivity contribution in [2.75, 3.05) is 0 Å². The summed E-state index contributed by atoms with van der Waals surface area (Å²) in [6.45, 7) is 1.67. The van der Waals surface area contributed by atoms with Crippen molar-refractivity contribution in [3.63, 3.8) is 0 Å². The van der Waals surface area contributed by atoms with E-state index in [9.17, 15) is 13.2 Å². The molecule has 0 bridgehead atoms. The monoisotopic (exact) mass is 201 g/mol. The first-order chi connectivity index (χ1) is 6.50. The van der Waals surface area contributed by atoms with E-state index in [2.05, 4.69) is 10.1 Å². The Morgan fingerprint density at radius 2 is 2.00 bits per heavy atom. The second-order valence-corrected chi connectivity index (χ2v) is 2.88. The van der Waals surface area contributed by atoms with Gasteiger partial charge in [0.15, 0.2) is 5.65 Å². The Morgan fingerprint density at radius 1 is 1.29 bits per heavy atom. The zero-order chi connectivity index (χ0) is 10.3. The van der Waals surface area contributed by atoms with Crippen LogP contribution in [0.1, 0.15) is 11.3 Å². The molecule has 74 valence electrons. The topological polar surface area (TPSA) is 30.2 Å². The third-order valence-electron chi connectivity index (χ3n) is 1.92. The number of aryl methyl sites for hydroxylation is 1. The van der Waals surface area contributed by atoms with Gasteiger partial charge in [-0.15, -0.1) is 0 Å². The summed E-state index contributed by atoms with van der Waals surface area (Å²) >= 11 is 0. The summed E-state index contributed by atoms with van der Waals surface area (Å²) in [4.78, 5) is 3.58. The highest BCUT2D eigenvalue weighted by molar-refractivity contribution is 5.49. The van der Waals surface area contributed by atoms with Crippen LogP contribution in [0, 0.1) is 6.92 Å². The van der Waals surface area contributed by atoms with Gasteiger partial charge in [0.1, 0.15) is 11.9 Å². The molecule has 2 aromatic rings. The van der Waals surface area contributed by atoms with Crippen LogP contribution in [-0.4, -0.2) is 14.6 Å². The van der Waals surface area contributed by atoms with E-state index < -0.39 is 11.7 Å². The molecular formula is C8H6F3N3. The van der Waals surface area contributed by atoms with Crippen LogP contribution >= 0.6 is 0 Å². The largest absolute Gasteiger partial charge is 0.420 e. The Labute approximate surface area is 77.2 Å². The Balaban J connectivity index is 2.80. The van der Waals surface area contributed by atoms with Gasteiger partial charge in [-0.3, -0.25) is 0 Å². The summed E-state index contributed by atoms with van der Waals surface area (Å²) in [5, 5.41) is 3.70.